The topological polar surface area (TPSA) is 78.0 Å². The van der Waals surface area contributed by atoms with Crippen molar-refractivity contribution >= 4 is 11.9 Å². The van der Waals surface area contributed by atoms with Crippen LogP contribution in [0.25, 0.3) is 0 Å². The third-order valence-corrected chi connectivity index (χ3v) is 4.41. The third kappa shape index (κ3) is 2.46. The maximum absolute atomic E-state index is 5.84. The lowest BCUT2D eigenvalue weighted by Crippen LogP contribution is -2.28. The number of para-hydroxylation sites is 1. The molecule has 0 bridgehead atoms. The first-order valence-corrected chi connectivity index (χ1v) is 7.92. The summed E-state index contributed by atoms with van der Waals surface area (Å²) in [6.07, 6.45) is 0.834. The summed E-state index contributed by atoms with van der Waals surface area (Å²) in [6.45, 7) is 0. The van der Waals surface area contributed by atoms with E-state index in [0.717, 1.165) is 17.7 Å². The number of nitrogens with one attached hydrogen (secondary N) is 1. The van der Waals surface area contributed by atoms with Crippen LogP contribution in [0, 0.1) is 0 Å². The van der Waals surface area contributed by atoms with Crippen molar-refractivity contribution < 1.29 is 4.74 Å². The number of nitrogens with zero attached hydrogens (tertiary/aromatic N) is 3. The molecule has 0 saturated carbocycles. The number of aromatic nitrogens is 3. The Balaban J connectivity index is 1.80. The van der Waals surface area contributed by atoms with Crippen LogP contribution in [0.2, 0.25) is 0 Å². The summed E-state index contributed by atoms with van der Waals surface area (Å²) >= 11 is 0. The van der Waals surface area contributed by atoms with E-state index in [1.165, 1.54) is 5.56 Å². The molecule has 1 aliphatic rings. The molecule has 3 aromatic rings. The van der Waals surface area contributed by atoms with Crippen molar-refractivity contribution in [3.8, 4) is 5.75 Å². The molecule has 3 N–H and O–H groups in total. The SMILES string of the molecule is COc1ccccc1[C@H]1C[C@H](c2ccccc2)Nc2nc(N)nn21. The Morgan fingerprint density at radius 2 is 1.88 bits per heavy atom. The van der Waals surface area contributed by atoms with Gasteiger partial charge in [-0.25, -0.2) is 4.68 Å². The van der Waals surface area contributed by atoms with Gasteiger partial charge in [0.1, 0.15) is 5.75 Å². The second kappa shape index (κ2) is 5.88. The van der Waals surface area contributed by atoms with Crippen molar-refractivity contribution in [2.45, 2.75) is 18.5 Å². The van der Waals surface area contributed by atoms with Gasteiger partial charge in [0, 0.05) is 5.56 Å². The highest BCUT2D eigenvalue weighted by atomic mass is 16.5. The second-order valence-electron chi connectivity index (χ2n) is 5.84. The van der Waals surface area contributed by atoms with Crippen LogP contribution in [0.4, 0.5) is 11.9 Å². The van der Waals surface area contributed by atoms with Crippen molar-refractivity contribution in [3.63, 3.8) is 0 Å². The Hall–Kier alpha value is -3.02. The first-order valence-electron chi connectivity index (χ1n) is 7.92. The first-order chi connectivity index (χ1) is 11.8. The summed E-state index contributed by atoms with van der Waals surface area (Å²) in [7, 11) is 1.69. The molecule has 4 rings (SSSR count). The zero-order chi connectivity index (χ0) is 16.5. The third-order valence-electron chi connectivity index (χ3n) is 4.41. The highest BCUT2D eigenvalue weighted by Crippen LogP contribution is 2.40. The van der Waals surface area contributed by atoms with Crippen molar-refractivity contribution in [3.05, 3.63) is 65.7 Å². The number of anilines is 2. The largest absolute Gasteiger partial charge is 0.496 e. The highest BCUT2D eigenvalue weighted by molar-refractivity contribution is 5.44. The van der Waals surface area contributed by atoms with Crippen molar-refractivity contribution in [2.24, 2.45) is 0 Å². The van der Waals surface area contributed by atoms with Crippen LogP contribution < -0.4 is 15.8 Å². The maximum Gasteiger partial charge on any atom is 0.241 e. The van der Waals surface area contributed by atoms with Gasteiger partial charge in [-0.2, -0.15) is 4.98 Å². The summed E-state index contributed by atoms with van der Waals surface area (Å²) < 4.78 is 7.40. The molecular weight excluding hydrogens is 302 g/mol. The van der Waals surface area contributed by atoms with E-state index in [1.807, 2.05) is 41.1 Å². The molecular formula is C18H19N5O. The Labute approximate surface area is 140 Å². The molecule has 2 aromatic carbocycles. The van der Waals surface area contributed by atoms with E-state index < -0.39 is 0 Å². The average molecular weight is 321 g/mol. The van der Waals surface area contributed by atoms with Crippen LogP contribution in [0.15, 0.2) is 54.6 Å². The van der Waals surface area contributed by atoms with Crippen LogP contribution in [-0.2, 0) is 0 Å². The zero-order valence-corrected chi connectivity index (χ0v) is 13.4. The van der Waals surface area contributed by atoms with E-state index in [0.29, 0.717) is 5.95 Å². The number of nitrogens with two attached hydrogens (primary N) is 1. The van der Waals surface area contributed by atoms with Gasteiger partial charge in [-0.15, -0.1) is 5.10 Å². The maximum atomic E-state index is 5.84. The fourth-order valence-corrected chi connectivity index (χ4v) is 3.30. The van der Waals surface area contributed by atoms with Gasteiger partial charge in [0.2, 0.25) is 11.9 Å². The van der Waals surface area contributed by atoms with Gasteiger partial charge in [0.25, 0.3) is 0 Å². The van der Waals surface area contributed by atoms with Gasteiger partial charge in [-0.1, -0.05) is 48.5 Å². The van der Waals surface area contributed by atoms with Gasteiger partial charge >= 0.3 is 0 Å². The van der Waals surface area contributed by atoms with Crippen molar-refractivity contribution in [1.82, 2.24) is 14.8 Å². The highest BCUT2D eigenvalue weighted by Gasteiger charge is 2.32. The fraction of sp³-hybridized carbons (Fsp3) is 0.222. The molecule has 0 aliphatic carbocycles. The lowest BCUT2D eigenvalue weighted by atomic mass is 9.93. The number of rotatable bonds is 3. The molecule has 0 fully saturated rings. The molecule has 0 saturated heterocycles. The monoisotopic (exact) mass is 321 g/mol. The van der Waals surface area contributed by atoms with Gasteiger partial charge < -0.3 is 15.8 Å². The minimum absolute atomic E-state index is 0.00686. The van der Waals surface area contributed by atoms with Gasteiger partial charge in [-0.05, 0) is 18.1 Å². The van der Waals surface area contributed by atoms with Crippen LogP contribution in [0.3, 0.4) is 0 Å². The molecule has 1 aliphatic heterocycles. The molecule has 2 atom stereocenters. The molecule has 24 heavy (non-hydrogen) atoms. The number of ether oxygens (including phenoxy) is 1. The summed E-state index contributed by atoms with van der Waals surface area (Å²) in [6, 6.07) is 18.5. The molecule has 1 aromatic heterocycles. The zero-order valence-electron chi connectivity index (χ0n) is 13.4. The van der Waals surface area contributed by atoms with E-state index >= 15 is 0 Å². The fourth-order valence-electron chi connectivity index (χ4n) is 3.30. The molecule has 0 radical (unpaired) electrons. The normalized spacial score (nSPS) is 19.4. The number of nitrogen functional groups attached to an aromatic ring is 1. The Morgan fingerprint density at radius 1 is 1.12 bits per heavy atom. The number of hydrogen-bond donors (Lipinski definition) is 2. The number of hydrogen-bond acceptors (Lipinski definition) is 5. The molecule has 6 heteroatoms. The van der Waals surface area contributed by atoms with E-state index in [1.54, 1.807) is 7.11 Å². The van der Waals surface area contributed by atoms with Crippen LogP contribution in [0.1, 0.15) is 29.6 Å². The van der Waals surface area contributed by atoms with Gasteiger partial charge in [-0.3, -0.25) is 0 Å². The minimum Gasteiger partial charge on any atom is -0.496 e. The molecule has 122 valence electrons. The quantitative estimate of drug-likeness (QED) is 0.775. The Kier molecular flexibility index (Phi) is 3.57. The summed E-state index contributed by atoms with van der Waals surface area (Å²) in [4.78, 5) is 4.34. The summed E-state index contributed by atoms with van der Waals surface area (Å²) in [5, 5.41) is 7.82. The number of benzene rings is 2. The summed E-state index contributed by atoms with van der Waals surface area (Å²) in [5.74, 6) is 1.80. The van der Waals surface area contributed by atoms with E-state index in [-0.39, 0.29) is 18.0 Å². The Morgan fingerprint density at radius 3 is 2.67 bits per heavy atom. The molecule has 2 heterocycles. The Bertz CT molecular complexity index is 846. The van der Waals surface area contributed by atoms with Crippen LogP contribution in [0.5, 0.6) is 5.75 Å². The molecule has 0 spiro atoms. The minimum atomic E-state index is 0.00686. The second-order valence-corrected chi connectivity index (χ2v) is 5.84. The van der Waals surface area contributed by atoms with Crippen molar-refractivity contribution in [1.29, 1.82) is 0 Å². The summed E-state index contributed by atoms with van der Waals surface area (Å²) in [5.41, 5.74) is 8.13. The van der Waals surface area contributed by atoms with E-state index in [9.17, 15) is 0 Å². The number of fused-ring (bicyclic) bond motifs is 1. The predicted octanol–water partition coefficient (Wildman–Crippen LogP) is 3.02. The lowest BCUT2D eigenvalue weighted by molar-refractivity contribution is 0.380. The average Bonchev–Trinajstić information content (AvgIpc) is 3.01. The van der Waals surface area contributed by atoms with Crippen molar-refractivity contribution in [2.75, 3.05) is 18.2 Å². The molecule has 0 unspecified atom stereocenters. The molecule has 6 nitrogen and oxygen atoms in total. The molecule has 0 amide bonds. The number of methoxy groups -OCH3 is 1. The standard InChI is InChI=1S/C18H19N5O/c1-24-16-10-6-5-9-13(16)15-11-14(12-7-3-2-4-8-12)20-18-21-17(19)22-23(15)18/h2-10,14-15H,11H2,1H3,(H3,19,20,21,22)/t14-,15-/m1/s1. The lowest BCUT2D eigenvalue weighted by Gasteiger charge is -2.32. The van der Waals surface area contributed by atoms with E-state index in [4.69, 9.17) is 10.5 Å². The first kappa shape index (κ1) is 14.6. The van der Waals surface area contributed by atoms with E-state index in [2.05, 4.69) is 33.6 Å². The predicted molar refractivity (Wildman–Crippen MR) is 93.0 cm³/mol. The van der Waals surface area contributed by atoms with Gasteiger partial charge in [0.15, 0.2) is 0 Å². The van der Waals surface area contributed by atoms with Crippen LogP contribution in [-0.4, -0.2) is 21.9 Å². The van der Waals surface area contributed by atoms with Gasteiger partial charge in [0.05, 0.1) is 19.2 Å². The smallest absolute Gasteiger partial charge is 0.241 e. The van der Waals surface area contributed by atoms with Crippen LogP contribution >= 0.6 is 0 Å².